The lowest BCUT2D eigenvalue weighted by Gasteiger charge is -2.33. The van der Waals surface area contributed by atoms with Crippen molar-refractivity contribution in [2.75, 3.05) is 37.7 Å². The first-order chi connectivity index (χ1) is 11.1. The maximum Gasteiger partial charge on any atom is 0.260 e. The zero-order chi connectivity index (χ0) is 16.2. The van der Waals surface area contributed by atoms with Crippen molar-refractivity contribution in [2.45, 2.75) is 25.8 Å². The number of carbonyl (C=O) groups excluding carboxylic acids is 2. The molecule has 2 aliphatic heterocycles. The van der Waals surface area contributed by atoms with Crippen LogP contribution in [0.1, 0.15) is 19.8 Å². The van der Waals surface area contributed by atoms with Gasteiger partial charge in [-0.3, -0.25) is 9.59 Å². The van der Waals surface area contributed by atoms with Gasteiger partial charge in [0.2, 0.25) is 5.91 Å². The molecule has 6 nitrogen and oxygen atoms in total. The van der Waals surface area contributed by atoms with Crippen molar-refractivity contribution in [3.8, 4) is 5.75 Å². The Morgan fingerprint density at radius 2 is 2.21 bits per heavy atom. The van der Waals surface area contributed by atoms with Gasteiger partial charge in [0.1, 0.15) is 5.75 Å². The Morgan fingerprint density at radius 1 is 1.38 bits per heavy atom. The molecule has 0 spiro atoms. The summed E-state index contributed by atoms with van der Waals surface area (Å²) in [4.78, 5) is 27.7. The Labute approximate surface area is 148 Å². The quantitative estimate of drug-likeness (QED) is 0.889. The fourth-order valence-electron chi connectivity index (χ4n) is 3.10. The Morgan fingerprint density at radius 3 is 2.92 bits per heavy atom. The number of benzene rings is 1. The third-order valence-corrected chi connectivity index (χ3v) is 4.39. The lowest BCUT2D eigenvalue weighted by Crippen LogP contribution is -2.53. The predicted molar refractivity (Wildman–Crippen MR) is 94.8 cm³/mol. The highest BCUT2D eigenvalue weighted by Crippen LogP contribution is 2.25. The number of carbonyl (C=O) groups is 2. The van der Waals surface area contributed by atoms with Crippen LogP contribution < -0.4 is 15.0 Å². The molecule has 2 fully saturated rings. The lowest BCUT2D eigenvalue weighted by atomic mass is 10.2. The molecule has 0 aromatic heterocycles. The van der Waals surface area contributed by atoms with E-state index in [1.807, 2.05) is 36.1 Å². The Hall–Kier alpha value is -1.79. The van der Waals surface area contributed by atoms with Crippen molar-refractivity contribution in [2.24, 2.45) is 0 Å². The van der Waals surface area contributed by atoms with Crippen molar-refractivity contribution in [1.82, 2.24) is 10.2 Å². The molecule has 2 aliphatic rings. The first kappa shape index (κ1) is 18.5. The van der Waals surface area contributed by atoms with Crippen molar-refractivity contribution in [1.29, 1.82) is 0 Å². The first-order valence-electron chi connectivity index (χ1n) is 8.18. The van der Waals surface area contributed by atoms with Crippen molar-refractivity contribution < 1.29 is 14.3 Å². The van der Waals surface area contributed by atoms with E-state index >= 15 is 0 Å². The molecule has 0 radical (unpaired) electrons. The van der Waals surface area contributed by atoms with Crippen LogP contribution in [0.15, 0.2) is 24.3 Å². The molecule has 2 amide bonds. The maximum absolute atomic E-state index is 12.3. The summed E-state index contributed by atoms with van der Waals surface area (Å²) in [6.07, 6.45) is 1.49. The number of amides is 2. The number of hydrogen-bond acceptors (Lipinski definition) is 4. The third kappa shape index (κ3) is 4.19. The van der Waals surface area contributed by atoms with Gasteiger partial charge in [0.15, 0.2) is 6.61 Å². The molecule has 1 aromatic rings. The van der Waals surface area contributed by atoms with Crippen LogP contribution in [0, 0.1) is 0 Å². The molecule has 1 aromatic carbocycles. The average molecular weight is 354 g/mol. The average Bonchev–Trinajstić information content (AvgIpc) is 2.99. The smallest absolute Gasteiger partial charge is 0.260 e. The molecule has 2 heterocycles. The Bertz CT molecular complexity index is 596. The molecule has 3 rings (SSSR count). The molecule has 2 saturated heterocycles. The predicted octanol–water partition coefficient (Wildman–Crippen LogP) is 1.43. The summed E-state index contributed by atoms with van der Waals surface area (Å²) in [7, 11) is 0. The van der Waals surface area contributed by atoms with E-state index in [1.54, 1.807) is 4.90 Å². The molecule has 132 valence electrons. The van der Waals surface area contributed by atoms with Crippen LogP contribution in [0.5, 0.6) is 5.75 Å². The van der Waals surface area contributed by atoms with Gasteiger partial charge in [0, 0.05) is 50.4 Å². The molecule has 1 unspecified atom stereocenters. The van der Waals surface area contributed by atoms with E-state index in [0.717, 1.165) is 31.7 Å². The van der Waals surface area contributed by atoms with Crippen LogP contribution in [-0.2, 0) is 9.59 Å². The highest BCUT2D eigenvalue weighted by atomic mass is 35.5. The minimum atomic E-state index is 0. The van der Waals surface area contributed by atoms with Gasteiger partial charge in [-0.2, -0.15) is 0 Å². The summed E-state index contributed by atoms with van der Waals surface area (Å²) in [6, 6.07) is 7.59. The molecule has 0 bridgehead atoms. The van der Waals surface area contributed by atoms with Gasteiger partial charge in [-0.15, -0.1) is 12.4 Å². The highest BCUT2D eigenvalue weighted by molar-refractivity contribution is 5.95. The number of ether oxygens (including phenoxy) is 1. The van der Waals surface area contributed by atoms with E-state index in [9.17, 15) is 9.59 Å². The van der Waals surface area contributed by atoms with E-state index in [-0.39, 0.29) is 36.9 Å². The van der Waals surface area contributed by atoms with Crippen LogP contribution in [0.2, 0.25) is 0 Å². The summed E-state index contributed by atoms with van der Waals surface area (Å²) in [5, 5.41) is 3.26. The van der Waals surface area contributed by atoms with Gasteiger partial charge in [0.05, 0.1) is 0 Å². The van der Waals surface area contributed by atoms with Crippen LogP contribution in [-0.4, -0.2) is 55.5 Å². The normalized spacial score (nSPS) is 20.7. The van der Waals surface area contributed by atoms with Crippen LogP contribution in [0.25, 0.3) is 0 Å². The standard InChI is InChI=1S/C17H23N3O3.ClH/c1-13-11-18-7-9-19(13)17(22)12-23-15-5-2-4-14(10-15)20-8-3-6-16(20)21;/h2,4-5,10,13,18H,3,6-9,11-12H2,1H3;1H. The number of nitrogens with zero attached hydrogens (tertiary/aromatic N) is 2. The largest absolute Gasteiger partial charge is 0.484 e. The topological polar surface area (TPSA) is 61.9 Å². The van der Waals surface area contributed by atoms with Crippen LogP contribution >= 0.6 is 12.4 Å². The van der Waals surface area contributed by atoms with Crippen LogP contribution in [0.3, 0.4) is 0 Å². The van der Waals surface area contributed by atoms with Gasteiger partial charge in [-0.25, -0.2) is 0 Å². The first-order valence-corrected chi connectivity index (χ1v) is 8.18. The zero-order valence-corrected chi connectivity index (χ0v) is 14.7. The molecule has 7 heteroatoms. The van der Waals surface area contributed by atoms with Gasteiger partial charge in [-0.1, -0.05) is 6.07 Å². The van der Waals surface area contributed by atoms with Gasteiger partial charge >= 0.3 is 0 Å². The van der Waals surface area contributed by atoms with Crippen LogP contribution in [0.4, 0.5) is 5.69 Å². The number of anilines is 1. The van der Waals surface area contributed by atoms with Gasteiger partial charge in [-0.05, 0) is 25.5 Å². The Balaban J connectivity index is 0.00000208. The van der Waals surface area contributed by atoms with E-state index in [2.05, 4.69) is 5.32 Å². The SMILES string of the molecule is CC1CNCCN1C(=O)COc1cccc(N2CCCC2=O)c1.Cl. The molecule has 1 N–H and O–H groups in total. The second-order valence-corrected chi connectivity index (χ2v) is 6.08. The summed E-state index contributed by atoms with van der Waals surface area (Å²) < 4.78 is 5.66. The van der Waals surface area contributed by atoms with E-state index in [4.69, 9.17) is 4.74 Å². The van der Waals surface area contributed by atoms with Crippen molar-refractivity contribution in [3.05, 3.63) is 24.3 Å². The fraction of sp³-hybridized carbons (Fsp3) is 0.529. The maximum atomic E-state index is 12.3. The number of piperazine rings is 1. The fourth-order valence-corrected chi connectivity index (χ4v) is 3.10. The molecular formula is C17H24ClN3O3. The summed E-state index contributed by atoms with van der Waals surface area (Å²) in [5.41, 5.74) is 0.841. The number of halogens is 1. The lowest BCUT2D eigenvalue weighted by molar-refractivity contribution is -0.136. The van der Waals surface area contributed by atoms with Crippen molar-refractivity contribution in [3.63, 3.8) is 0 Å². The van der Waals surface area contributed by atoms with E-state index < -0.39 is 0 Å². The molecule has 24 heavy (non-hydrogen) atoms. The second kappa shape index (κ2) is 8.35. The van der Waals surface area contributed by atoms with E-state index in [0.29, 0.717) is 18.7 Å². The minimum Gasteiger partial charge on any atom is -0.484 e. The second-order valence-electron chi connectivity index (χ2n) is 6.08. The monoisotopic (exact) mass is 353 g/mol. The molecule has 0 saturated carbocycles. The van der Waals surface area contributed by atoms with E-state index in [1.165, 1.54) is 0 Å². The number of hydrogen-bond donors (Lipinski definition) is 1. The Kier molecular flexibility index (Phi) is 6.45. The van der Waals surface area contributed by atoms with Gasteiger partial charge < -0.3 is 19.9 Å². The summed E-state index contributed by atoms with van der Waals surface area (Å²) in [6.45, 7) is 5.16. The summed E-state index contributed by atoms with van der Waals surface area (Å²) >= 11 is 0. The highest BCUT2D eigenvalue weighted by Gasteiger charge is 2.24. The molecular weight excluding hydrogens is 330 g/mol. The van der Waals surface area contributed by atoms with Gasteiger partial charge in [0.25, 0.3) is 5.91 Å². The third-order valence-electron chi connectivity index (χ3n) is 4.39. The number of nitrogens with one attached hydrogen (secondary N) is 1. The minimum absolute atomic E-state index is 0. The molecule has 0 aliphatic carbocycles. The molecule has 1 atom stereocenters. The zero-order valence-electron chi connectivity index (χ0n) is 13.9. The number of rotatable bonds is 4. The van der Waals surface area contributed by atoms with Crippen molar-refractivity contribution >= 4 is 29.9 Å². The summed E-state index contributed by atoms with van der Waals surface area (Å²) in [5.74, 6) is 0.771.